The molecule has 1 aromatic carbocycles. The predicted molar refractivity (Wildman–Crippen MR) is 70.2 cm³/mol. The number of benzene rings is 1. The van der Waals surface area contributed by atoms with Crippen molar-refractivity contribution in [1.29, 1.82) is 0 Å². The molecule has 0 aromatic heterocycles. The molecule has 0 atom stereocenters. The molecule has 0 saturated heterocycles. The number of ether oxygens (including phenoxy) is 1. The Morgan fingerprint density at radius 3 is 2.29 bits per heavy atom. The normalized spacial score (nSPS) is 11.9. The maximum absolute atomic E-state index is 9.56. The summed E-state index contributed by atoms with van der Waals surface area (Å²) in [5.74, 6) is 0.895. The molecule has 0 aliphatic rings. The Balaban J connectivity index is 2.40. The van der Waals surface area contributed by atoms with Gasteiger partial charge in [0.25, 0.3) is 0 Å². The second-order valence-electron chi connectivity index (χ2n) is 5.23. The van der Waals surface area contributed by atoms with E-state index in [-0.39, 0.29) is 6.10 Å². The summed E-state index contributed by atoms with van der Waals surface area (Å²) in [6.45, 7) is 8.94. The average molecular weight is 237 g/mol. The van der Waals surface area contributed by atoms with Crippen LogP contribution in [0.3, 0.4) is 0 Å². The number of hydrogen-bond donors (Lipinski definition) is 2. The third-order valence-electron chi connectivity index (χ3n) is 2.18. The molecule has 0 amide bonds. The lowest BCUT2D eigenvalue weighted by atomic mass is 10.1. The van der Waals surface area contributed by atoms with Crippen LogP contribution in [-0.4, -0.2) is 23.4 Å². The van der Waals surface area contributed by atoms with E-state index >= 15 is 0 Å². The molecule has 0 spiro atoms. The molecule has 0 unspecified atom stereocenters. The summed E-state index contributed by atoms with van der Waals surface area (Å²) in [5.41, 5.74) is 0.520. The molecule has 3 heteroatoms. The Morgan fingerprint density at radius 2 is 1.82 bits per heavy atom. The molecule has 1 aromatic rings. The third-order valence-corrected chi connectivity index (χ3v) is 2.18. The fraction of sp³-hybridized carbons (Fsp3) is 0.571. The van der Waals surface area contributed by atoms with Crippen molar-refractivity contribution in [2.24, 2.45) is 0 Å². The van der Waals surface area contributed by atoms with Crippen molar-refractivity contribution >= 4 is 0 Å². The molecule has 0 aliphatic heterocycles. The highest BCUT2D eigenvalue weighted by Crippen LogP contribution is 2.13. The number of aliphatic hydroxyl groups is 1. The van der Waals surface area contributed by atoms with E-state index in [4.69, 9.17) is 4.74 Å². The zero-order valence-electron chi connectivity index (χ0n) is 11.2. The first-order chi connectivity index (χ1) is 7.87. The van der Waals surface area contributed by atoms with Crippen molar-refractivity contribution in [3.63, 3.8) is 0 Å². The first-order valence-corrected chi connectivity index (χ1v) is 6.05. The number of rotatable bonds is 6. The van der Waals surface area contributed by atoms with Crippen molar-refractivity contribution in [3.8, 4) is 5.75 Å². The topological polar surface area (TPSA) is 41.5 Å². The summed E-state index contributed by atoms with van der Waals surface area (Å²) < 4.78 is 5.57. The molecule has 0 heterocycles. The van der Waals surface area contributed by atoms with Crippen LogP contribution in [0.25, 0.3) is 0 Å². The van der Waals surface area contributed by atoms with Gasteiger partial charge in [0.05, 0.1) is 11.7 Å². The minimum Gasteiger partial charge on any atom is -0.491 e. The number of nitrogens with one attached hydrogen (secondary N) is 1. The standard InChI is InChI=1S/C14H23NO2/c1-11(2)17-13-7-5-12(6-8-13)9-15-10-14(3,4)16/h5-8,11,15-16H,9-10H2,1-4H3. The Kier molecular flexibility index (Phi) is 4.97. The van der Waals surface area contributed by atoms with Gasteiger partial charge in [-0.15, -0.1) is 0 Å². The maximum atomic E-state index is 9.56. The molecule has 3 nitrogen and oxygen atoms in total. The molecule has 96 valence electrons. The van der Waals surface area contributed by atoms with Gasteiger partial charge in [0.15, 0.2) is 0 Å². The fourth-order valence-electron chi connectivity index (χ4n) is 1.47. The lowest BCUT2D eigenvalue weighted by molar-refractivity contribution is 0.0795. The molecule has 0 radical (unpaired) electrons. The maximum Gasteiger partial charge on any atom is 0.119 e. The van der Waals surface area contributed by atoms with Gasteiger partial charge < -0.3 is 15.2 Å². The zero-order chi connectivity index (χ0) is 12.9. The van der Waals surface area contributed by atoms with E-state index in [2.05, 4.69) is 5.32 Å². The lowest BCUT2D eigenvalue weighted by Crippen LogP contribution is -2.34. The van der Waals surface area contributed by atoms with Crippen LogP contribution in [0.4, 0.5) is 0 Å². The second kappa shape index (κ2) is 6.03. The molecule has 0 bridgehead atoms. The molecule has 1 rings (SSSR count). The summed E-state index contributed by atoms with van der Waals surface area (Å²) in [4.78, 5) is 0. The van der Waals surface area contributed by atoms with Crippen molar-refractivity contribution in [3.05, 3.63) is 29.8 Å². The first-order valence-electron chi connectivity index (χ1n) is 6.05. The molecule has 0 aliphatic carbocycles. The summed E-state index contributed by atoms with van der Waals surface area (Å²) in [6.07, 6.45) is 0.203. The minimum absolute atomic E-state index is 0.203. The monoisotopic (exact) mass is 237 g/mol. The Hall–Kier alpha value is -1.06. The molecule has 17 heavy (non-hydrogen) atoms. The largest absolute Gasteiger partial charge is 0.491 e. The van der Waals surface area contributed by atoms with Crippen molar-refractivity contribution < 1.29 is 9.84 Å². The highest BCUT2D eigenvalue weighted by molar-refractivity contribution is 5.27. The van der Waals surface area contributed by atoms with E-state index in [1.807, 2.05) is 38.1 Å². The average Bonchev–Trinajstić information content (AvgIpc) is 2.18. The van der Waals surface area contributed by atoms with Gasteiger partial charge in [-0.25, -0.2) is 0 Å². The van der Waals surface area contributed by atoms with Gasteiger partial charge in [-0.3, -0.25) is 0 Å². The summed E-state index contributed by atoms with van der Waals surface area (Å²) in [6, 6.07) is 8.02. The van der Waals surface area contributed by atoms with E-state index < -0.39 is 5.60 Å². The quantitative estimate of drug-likeness (QED) is 0.798. The second-order valence-corrected chi connectivity index (χ2v) is 5.23. The SMILES string of the molecule is CC(C)Oc1ccc(CNCC(C)(C)O)cc1. The van der Waals surface area contributed by atoms with Gasteiger partial charge in [-0.05, 0) is 45.4 Å². The van der Waals surface area contributed by atoms with E-state index in [9.17, 15) is 5.11 Å². The molecular formula is C14H23NO2. The van der Waals surface area contributed by atoms with E-state index in [1.165, 1.54) is 5.56 Å². The third kappa shape index (κ3) is 6.29. The highest BCUT2D eigenvalue weighted by atomic mass is 16.5. The molecule has 2 N–H and O–H groups in total. The van der Waals surface area contributed by atoms with Crippen LogP contribution in [0.5, 0.6) is 5.75 Å². The van der Waals surface area contributed by atoms with Crippen molar-refractivity contribution in [2.45, 2.75) is 45.9 Å². The van der Waals surface area contributed by atoms with E-state index in [1.54, 1.807) is 13.8 Å². The van der Waals surface area contributed by atoms with Crippen molar-refractivity contribution in [1.82, 2.24) is 5.32 Å². The van der Waals surface area contributed by atoms with Crippen LogP contribution in [-0.2, 0) is 6.54 Å². The molecule has 0 fully saturated rings. The van der Waals surface area contributed by atoms with Crippen LogP contribution in [0.2, 0.25) is 0 Å². The van der Waals surface area contributed by atoms with Gasteiger partial charge in [0, 0.05) is 13.1 Å². The van der Waals surface area contributed by atoms with E-state index in [0.29, 0.717) is 6.54 Å². The summed E-state index contributed by atoms with van der Waals surface area (Å²) >= 11 is 0. The molecule has 0 saturated carbocycles. The number of hydrogen-bond acceptors (Lipinski definition) is 3. The first kappa shape index (κ1) is 14.0. The van der Waals surface area contributed by atoms with Crippen LogP contribution in [0.1, 0.15) is 33.3 Å². The van der Waals surface area contributed by atoms with Crippen LogP contribution in [0.15, 0.2) is 24.3 Å². The smallest absolute Gasteiger partial charge is 0.119 e. The Labute approximate surface area is 104 Å². The zero-order valence-corrected chi connectivity index (χ0v) is 11.2. The van der Waals surface area contributed by atoms with Gasteiger partial charge in [0.1, 0.15) is 5.75 Å². The van der Waals surface area contributed by atoms with Gasteiger partial charge in [-0.1, -0.05) is 12.1 Å². The van der Waals surface area contributed by atoms with E-state index in [0.717, 1.165) is 12.3 Å². The summed E-state index contributed by atoms with van der Waals surface area (Å²) in [7, 11) is 0. The highest BCUT2D eigenvalue weighted by Gasteiger charge is 2.10. The van der Waals surface area contributed by atoms with Gasteiger partial charge in [-0.2, -0.15) is 0 Å². The molecular weight excluding hydrogens is 214 g/mol. The van der Waals surface area contributed by atoms with Gasteiger partial charge >= 0.3 is 0 Å². The predicted octanol–water partition coefficient (Wildman–Crippen LogP) is 2.33. The summed E-state index contributed by atoms with van der Waals surface area (Å²) in [5, 5.41) is 12.8. The van der Waals surface area contributed by atoms with Gasteiger partial charge in [0.2, 0.25) is 0 Å². The minimum atomic E-state index is -0.666. The Bertz CT molecular complexity index is 325. The van der Waals surface area contributed by atoms with Crippen LogP contribution >= 0.6 is 0 Å². The lowest BCUT2D eigenvalue weighted by Gasteiger charge is -2.17. The Morgan fingerprint density at radius 1 is 1.24 bits per heavy atom. The van der Waals surface area contributed by atoms with Crippen LogP contribution in [0, 0.1) is 0 Å². The van der Waals surface area contributed by atoms with Crippen LogP contribution < -0.4 is 10.1 Å². The fourth-order valence-corrected chi connectivity index (χ4v) is 1.47. The van der Waals surface area contributed by atoms with Crippen molar-refractivity contribution in [2.75, 3.05) is 6.54 Å².